The molecule has 0 aromatic rings. The Balaban J connectivity index is 2.49. The predicted octanol–water partition coefficient (Wildman–Crippen LogP) is 0.0521. The summed E-state index contributed by atoms with van der Waals surface area (Å²) in [5.74, 6) is 0.512. The zero-order valence-corrected chi connectivity index (χ0v) is 10.8. The van der Waals surface area contributed by atoms with Crippen LogP contribution < -0.4 is 5.73 Å². The standard InChI is InChI=1S/C12H23N3O2/c1-3-14(10(2)16)8-11-5-4-6-15(9-11)12(17)7-13/h11H,3-9,13H2,1-2H3/t11-/m0/s1. The van der Waals surface area contributed by atoms with Gasteiger partial charge in [-0.1, -0.05) is 0 Å². The largest absolute Gasteiger partial charge is 0.343 e. The Morgan fingerprint density at radius 1 is 1.47 bits per heavy atom. The summed E-state index contributed by atoms with van der Waals surface area (Å²) in [6.45, 7) is 6.68. The molecule has 0 radical (unpaired) electrons. The summed E-state index contributed by atoms with van der Waals surface area (Å²) < 4.78 is 0. The first kappa shape index (κ1) is 14.0. The van der Waals surface area contributed by atoms with E-state index in [1.807, 2.05) is 16.7 Å². The molecule has 0 aliphatic carbocycles. The van der Waals surface area contributed by atoms with Gasteiger partial charge in [-0.2, -0.15) is 0 Å². The van der Waals surface area contributed by atoms with Crippen LogP contribution in [-0.2, 0) is 9.59 Å². The molecular formula is C12H23N3O2. The van der Waals surface area contributed by atoms with Gasteiger partial charge in [0.2, 0.25) is 11.8 Å². The normalized spacial score (nSPS) is 20.2. The molecule has 5 nitrogen and oxygen atoms in total. The van der Waals surface area contributed by atoms with Gasteiger partial charge in [-0.15, -0.1) is 0 Å². The summed E-state index contributed by atoms with van der Waals surface area (Å²) in [6.07, 6.45) is 2.09. The number of carbonyl (C=O) groups excluding carboxylic acids is 2. The summed E-state index contributed by atoms with van der Waals surface area (Å²) in [7, 11) is 0. The topological polar surface area (TPSA) is 66.6 Å². The number of nitrogens with two attached hydrogens (primary N) is 1. The van der Waals surface area contributed by atoms with Crippen molar-refractivity contribution in [2.24, 2.45) is 11.7 Å². The Hall–Kier alpha value is -1.10. The highest BCUT2D eigenvalue weighted by molar-refractivity contribution is 5.78. The molecule has 1 saturated heterocycles. The van der Waals surface area contributed by atoms with Crippen molar-refractivity contribution >= 4 is 11.8 Å². The molecular weight excluding hydrogens is 218 g/mol. The molecule has 17 heavy (non-hydrogen) atoms. The molecule has 0 unspecified atom stereocenters. The first-order valence-corrected chi connectivity index (χ1v) is 6.31. The second kappa shape index (κ2) is 6.59. The Kier molecular flexibility index (Phi) is 5.41. The molecule has 1 rings (SSSR count). The number of carbonyl (C=O) groups is 2. The number of rotatable bonds is 4. The molecule has 0 spiro atoms. The lowest BCUT2D eigenvalue weighted by molar-refractivity contribution is -0.132. The van der Waals surface area contributed by atoms with E-state index >= 15 is 0 Å². The number of likely N-dealkylation sites (tertiary alicyclic amines) is 1. The summed E-state index contributed by atoms with van der Waals surface area (Å²) in [5.41, 5.74) is 5.37. The fraction of sp³-hybridized carbons (Fsp3) is 0.833. The third-order valence-electron chi connectivity index (χ3n) is 3.35. The van der Waals surface area contributed by atoms with Gasteiger partial charge in [-0.05, 0) is 25.7 Å². The first-order valence-electron chi connectivity index (χ1n) is 6.31. The lowest BCUT2D eigenvalue weighted by atomic mass is 9.97. The van der Waals surface area contributed by atoms with Gasteiger partial charge in [-0.3, -0.25) is 9.59 Å². The number of hydrogen-bond donors (Lipinski definition) is 1. The van der Waals surface area contributed by atoms with Gasteiger partial charge in [0, 0.05) is 33.1 Å². The van der Waals surface area contributed by atoms with Crippen LogP contribution in [0.2, 0.25) is 0 Å². The van der Waals surface area contributed by atoms with E-state index < -0.39 is 0 Å². The minimum absolute atomic E-state index is 0.0144. The van der Waals surface area contributed by atoms with E-state index in [0.717, 1.165) is 39.0 Å². The Labute approximate surface area is 103 Å². The molecule has 5 heteroatoms. The van der Waals surface area contributed by atoms with E-state index in [4.69, 9.17) is 5.73 Å². The number of hydrogen-bond acceptors (Lipinski definition) is 3. The van der Waals surface area contributed by atoms with Crippen LogP contribution in [0, 0.1) is 5.92 Å². The molecule has 1 atom stereocenters. The van der Waals surface area contributed by atoms with Crippen molar-refractivity contribution in [1.29, 1.82) is 0 Å². The maximum atomic E-state index is 11.5. The van der Waals surface area contributed by atoms with E-state index in [1.165, 1.54) is 0 Å². The Morgan fingerprint density at radius 2 is 2.18 bits per heavy atom. The number of amides is 2. The summed E-state index contributed by atoms with van der Waals surface area (Å²) in [5, 5.41) is 0. The van der Waals surface area contributed by atoms with Crippen molar-refractivity contribution in [2.45, 2.75) is 26.7 Å². The molecule has 0 bridgehead atoms. The van der Waals surface area contributed by atoms with Gasteiger partial charge in [0.1, 0.15) is 0 Å². The fourth-order valence-electron chi connectivity index (χ4n) is 2.36. The lowest BCUT2D eigenvalue weighted by Gasteiger charge is -2.35. The van der Waals surface area contributed by atoms with Crippen LogP contribution in [0.5, 0.6) is 0 Å². The van der Waals surface area contributed by atoms with Crippen LogP contribution in [0.4, 0.5) is 0 Å². The molecule has 98 valence electrons. The van der Waals surface area contributed by atoms with Crippen LogP contribution in [0.1, 0.15) is 26.7 Å². The summed E-state index contributed by atoms with van der Waals surface area (Å²) in [4.78, 5) is 26.5. The van der Waals surface area contributed by atoms with Crippen LogP contribution in [0.25, 0.3) is 0 Å². The highest BCUT2D eigenvalue weighted by Gasteiger charge is 2.24. The third kappa shape index (κ3) is 4.00. The predicted molar refractivity (Wildman–Crippen MR) is 66.3 cm³/mol. The molecule has 0 aromatic heterocycles. The van der Waals surface area contributed by atoms with E-state index in [2.05, 4.69) is 0 Å². The smallest absolute Gasteiger partial charge is 0.236 e. The van der Waals surface area contributed by atoms with Gasteiger partial charge in [0.25, 0.3) is 0 Å². The molecule has 1 fully saturated rings. The van der Waals surface area contributed by atoms with Crippen LogP contribution in [-0.4, -0.2) is 54.3 Å². The molecule has 1 heterocycles. The van der Waals surface area contributed by atoms with Gasteiger partial charge >= 0.3 is 0 Å². The van der Waals surface area contributed by atoms with E-state index in [1.54, 1.807) is 6.92 Å². The Morgan fingerprint density at radius 3 is 2.71 bits per heavy atom. The average molecular weight is 241 g/mol. The molecule has 0 aromatic carbocycles. The highest BCUT2D eigenvalue weighted by atomic mass is 16.2. The summed E-state index contributed by atoms with van der Waals surface area (Å²) in [6, 6.07) is 0. The van der Waals surface area contributed by atoms with Crippen LogP contribution in [0.15, 0.2) is 0 Å². The minimum atomic E-state index is 0.0144. The minimum Gasteiger partial charge on any atom is -0.343 e. The lowest BCUT2D eigenvalue weighted by Crippen LogP contribution is -2.46. The average Bonchev–Trinajstić information content (AvgIpc) is 2.34. The quantitative estimate of drug-likeness (QED) is 0.756. The second-order valence-electron chi connectivity index (χ2n) is 4.61. The third-order valence-corrected chi connectivity index (χ3v) is 3.35. The van der Waals surface area contributed by atoms with Crippen molar-refractivity contribution in [3.8, 4) is 0 Å². The number of piperidine rings is 1. The van der Waals surface area contributed by atoms with E-state index in [9.17, 15) is 9.59 Å². The van der Waals surface area contributed by atoms with Crippen LogP contribution in [0.3, 0.4) is 0 Å². The van der Waals surface area contributed by atoms with Gasteiger partial charge in [-0.25, -0.2) is 0 Å². The molecule has 2 amide bonds. The SMILES string of the molecule is CCN(C[C@@H]1CCCN(C(=O)CN)C1)C(C)=O. The monoisotopic (exact) mass is 241 g/mol. The highest BCUT2D eigenvalue weighted by Crippen LogP contribution is 2.17. The van der Waals surface area contributed by atoms with Crippen molar-refractivity contribution in [3.63, 3.8) is 0 Å². The molecule has 1 aliphatic rings. The van der Waals surface area contributed by atoms with Crippen molar-refractivity contribution < 1.29 is 9.59 Å². The van der Waals surface area contributed by atoms with Gasteiger partial charge in [0.05, 0.1) is 6.54 Å². The van der Waals surface area contributed by atoms with Crippen molar-refractivity contribution in [2.75, 3.05) is 32.7 Å². The zero-order valence-electron chi connectivity index (χ0n) is 10.8. The maximum absolute atomic E-state index is 11.5. The van der Waals surface area contributed by atoms with Crippen LogP contribution >= 0.6 is 0 Å². The number of nitrogens with zero attached hydrogens (tertiary/aromatic N) is 2. The molecule has 0 saturated carbocycles. The summed E-state index contributed by atoms with van der Waals surface area (Å²) >= 11 is 0. The van der Waals surface area contributed by atoms with E-state index in [0.29, 0.717) is 5.92 Å². The van der Waals surface area contributed by atoms with Crippen molar-refractivity contribution in [3.05, 3.63) is 0 Å². The van der Waals surface area contributed by atoms with Crippen molar-refractivity contribution in [1.82, 2.24) is 9.80 Å². The zero-order chi connectivity index (χ0) is 12.8. The molecule has 2 N–H and O–H groups in total. The van der Waals surface area contributed by atoms with Gasteiger partial charge in [0.15, 0.2) is 0 Å². The fourth-order valence-corrected chi connectivity index (χ4v) is 2.36. The van der Waals surface area contributed by atoms with Gasteiger partial charge < -0.3 is 15.5 Å². The second-order valence-corrected chi connectivity index (χ2v) is 4.61. The maximum Gasteiger partial charge on any atom is 0.236 e. The molecule has 1 aliphatic heterocycles. The first-order chi connectivity index (χ1) is 8.08. The Bertz CT molecular complexity index is 281. The van der Waals surface area contributed by atoms with E-state index in [-0.39, 0.29) is 18.4 Å².